The number of carbonyl (C=O) groups is 1. The number of amides is 1. The van der Waals surface area contributed by atoms with E-state index in [-0.39, 0.29) is 30.7 Å². The third-order valence-corrected chi connectivity index (χ3v) is 3.11. The Kier molecular flexibility index (Phi) is 4.57. The zero-order valence-corrected chi connectivity index (χ0v) is 12.4. The summed E-state index contributed by atoms with van der Waals surface area (Å²) in [5.41, 5.74) is 4.26. The average molecular weight is 310 g/mol. The first kappa shape index (κ1) is 16.1. The molecule has 0 radical (unpaired) electrons. The van der Waals surface area contributed by atoms with Crippen molar-refractivity contribution in [1.82, 2.24) is 4.98 Å². The van der Waals surface area contributed by atoms with Gasteiger partial charge in [0.25, 0.3) is 11.7 Å². The fourth-order valence-electron chi connectivity index (χ4n) is 2.09. The Bertz CT molecular complexity index is 590. The van der Waals surface area contributed by atoms with E-state index in [9.17, 15) is 14.9 Å². The second-order valence-electron chi connectivity index (χ2n) is 5.22. The van der Waals surface area contributed by atoms with Crippen LogP contribution in [0.25, 0.3) is 0 Å². The van der Waals surface area contributed by atoms with E-state index in [4.69, 9.17) is 15.2 Å². The number of nitrogens with zero attached hydrogens (tertiary/aromatic N) is 3. The molecule has 0 aromatic carbocycles. The number of hydrogen-bond donors (Lipinski definition) is 1. The molecule has 2 N–H and O–H groups in total. The van der Waals surface area contributed by atoms with Gasteiger partial charge in [-0.05, 0) is 29.8 Å². The largest absolute Gasteiger partial charge is 0.472 e. The monoisotopic (exact) mass is 310 g/mol. The SMILES string of the molecule is CC1(C)Oc2ccc([N+](=O)[O-])nc2N(CCOCCN)C1=O. The lowest BCUT2D eigenvalue weighted by Crippen LogP contribution is -2.53. The van der Waals surface area contributed by atoms with Crippen LogP contribution < -0.4 is 15.4 Å². The Balaban J connectivity index is 2.31. The summed E-state index contributed by atoms with van der Waals surface area (Å²) in [5.74, 6) is -0.212. The second kappa shape index (κ2) is 6.24. The van der Waals surface area contributed by atoms with Crippen molar-refractivity contribution in [3.63, 3.8) is 0 Å². The van der Waals surface area contributed by atoms with Crippen LogP contribution in [0.2, 0.25) is 0 Å². The molecule has 1 amide bonds. The summed E-state index contributed by atoms with van der Waals surface area (Å²) in [6.07, 6.45) is 0. The number of ether oxygens (including phenoxy) is 2. The molecule has 0 spiro atoms. The van der Waals surface area contributed by atoms with Crippen LogP contribution in [0.1, 0.15) is 13.8 Å². The van der Waals surface area contributed by atoms with E-state index in [1.54, 1.807) is 13.8 Å². The summed E-state index contributed by atoms with van der Waals surface area (Å²) in [6.45, 7) is 4.48. The standard InChI is InChI=1S/C13H18N4O5/c1-13(2)12(18)16(6-8-21-7-5-14)11-9(22-13)3-4-10(15-11)17(19)20/h3-4H,5-8,14H2,1-2H3. The lowest BCUT2D eigenvalue weighted by Gasteiger charge is -2.35. The van der Waals surface area contributed by atoms with E-state index in [1.165, 1.54) is 17.0 Å². The molecule has 2 rings (SSSR count). The van der Waals surface area contributed by atoms with E-state index < -0.39 is 10.5 Å². The van der Waals surface area contributed by atoms with E-state index in [2.05, 4.69) is 4.98 Å². The molecule has 120 valence electrons. The highest BCUT2D eigenvalue weighted by atomic mass is 16.6. The predicted octanol–water partition coefficient (Wildman–Crippen LogP) is 0.469. The van der Waals surface area contributed by atoms with Gasteiger partial charge in [-0.3, -0.25) is 9.69 Å². The highest BCUT2D eigenvalue weighted by Gasteiger charge is 2.44. The summed E-state index contributed by atoms with van der Waals surface area (Å²) in [6, 6.07) is 2.69. The van der Waals surface area contributed by atoms with Crippen molar-refractivity contribution >= 4 is 17.5 Å². The fourth-order valence-corrected chi connectivity index (χ4v) is 2.09. The molecule has 9 nitrogen and oxygen atoms in total. The van der Waals surface area contributed by atoms with Crippen molar-refractivity contribution in [1.29, 1.82) is 0 Å². The second-order valence-corrected chi connectivity index (χ2v) is 5.22. The van der Waals surface area contributed by atoms with Gasteiger partial charge in [0.1, 0.15) is 0 Å². The smallest absolute Gasteiger partial charge is 0.366 e. The fraction of sp³-hybridized carbons (Fsp3) is 0.538. The number of fused-ring (bicyclic) bond motifs is 1. The Morgan fingerprint density at radius 1 is 1.45 bits per heavy atom. The van der Waals surface area contributed by atoms with E-state index in [0.717, 1.165) is 0 Å². The maximum Gasteiger partial charge on any atom is 0.366 e. The van der Waals surface area contributed by atoms with Crippen molar-refractivity contribution in [3.05, 3.63) is 22.2 Å². The lowest BCUT2D eigenvalue weighted by molar-refractivity contribution is -0.389. The molecule has 1 aliphatic heterocycles. The first-order valence-electron chi connectivity index (χ1n) is 6.81. The number of pyridine rings is 1. The summed E-state index contributed by atoms with van der Waals surface area (Å²) in [4.78, 5) is 28.0. The number of anilines is 1. The van der Waals surface area contributed by atoms with Crippen molar-refractivity contribution < 1.29 is 19.2 Å². The van der Waals surface area contributed by atoms with Crippen molar-refractivity contribution in [3.8, 4) is 5.75 Å². The molecule has 0 atom stereocenters. The Morgan fingerprint density at radius 2 is 2.18 bits per heavy atom. The van der Waals surface area contributed by atoms with Crippen LogP contribution in [-0.2, 0) is 9.53 Å². The molecule has 0 fully saturated rings. The van der Waals surface area contributed by atoms with Crippen LogP contribution >= 0.6 is 0 Å². The van der Waals surface area contributed by atoms with E-state index in [0.29, 0.717) is 18.9 Å². The number of carbonyl (C=O) groups excluding carboxylic acids is 1. The van der Waals surface area contributed by atoms with Crippen LogP contribution in [0, 0.1) is 10.1 Å². The number of nitrogens with two attached hydrogens (primary N) is 1. The first-order valence-corrected chi connectivity index (χ1v) is 6.81. The quantitative estimate of drug-likeness (QED) is 0.460. The maximum absolute atomic E-state index is 12.5. The minimum atomic E-state index is -1.07. The third-order valence-electron chi connectivity index (χ3n) is 3.11. The van der Waals surface area contributed by atoms with Gasteiger partial charge in [-0.1, -0.05) is 0 Å². The van der Waals surface area contributed by atoms with Gasteiger partial charge in [-0.25, -0.2) is 0 Å². The molecule has 1 aliphatic rings. The van der Waals surface area contributed by atoms with E-state index >= 15 is 0 Å². The zero-order valence-electron chi connectivity index (χ0n) is 12.4. The topological polar surface area (TPSA) is 121 Å². The average Bonchev–Trinajstić information content (AvgIpc) is 2.46. The molecular formula is C13H18N4O5. The normalized spacial score (nSPS) is 16.1. The first-order chi connectivity index (χ1) is 10.4. The van der Waals surface area contributed by atoms with Gasteiger partial charge in [-0.15, -0.1) is 0 Å². The van der Waals surface area contributed by atoms with Gasteiger partial charge in [0.15, 0.2) is 11.4 Å². The summed E-state index contributed by atoms with van der Waals surface area (Å²) in [5, 5.41) is 10.9. The van der Waals surface area contributed by atoms with Crippen LogP contribution in [0.4, 0.5) is 11.6 Å². The Morgan fingerprint density at radius 3 is 2.82 bits per heavy atom. The molecule has 0 saturated carbocycles. The highest BCUT2D eigenvalue weighted by molar-refractivity contribution is 6.01. The summed E-state index contributed by atoms with van der Waals surface area (Å²) < 4.78 is 10.9. The summed E-state index contributed by atoms with van der Waals surface area (Å²) >= 11 is 0. The van der Waals surface area contributed by atoms with Crippen molar-refractivity contribution in [2.75, 3.05) is 31.2 Å². The van der Waals surface area contributed by atoms with Crippen LogP contribution in [-0.4, -0.2) is 47.7 Å². The molecule has 2 heterocycles. The molecule has 9 heteroatoms. The number of rotatable bonds is 6. The highest BCUT2D eigenvalue weighted by Crippen LogP contribution is 2.37. The van der Waals surface area contributed by atoms with Crippen LogP contribution in [0.5, 0.6) is 5.75 Å². The Labute approximate surface area is 127 Å². The predicted molar refractivity (Wildman–Crippen MR) is 77.8 cm³/mol. The Hall–Kier alpha value is -2.26. The van der Waals surface area contributed by atoms with Crippen LogP contribution in [0.15, 0.2) is 12.1 Å². The molecule has 1 aromatic heterocycles. The maximum atomic E-state index is 12.5. The van der Waals surface area contributed by atoms with Gasteiger partial charge in [-0.2, -0.15) is 0 Å². The van der Waals surface area contributed by atoms with E-state index in [1.807, 2.05) is 0 Å². The molecule has 0 saturated heterocycles. The molecule has 0 unspecified atom stereocenters. The molecule has 1 aromatic rings. The van der Waals surface area contributed by atoms with Gasteiger partial charge in [0, 0.05) is 12.6 Å². The number of nitro groups is 1. The van der Waals surface area contributed by atoms with Gasteiger partial charge in [0.05, 0.1) is 19.8 Å². The summed E-state index contributed by atoms with van der Waals surface area (Å²) in [7, 11) is 0. The number of aromatic nitrogens is 1. The van der Waals surface area contributed by atoms with Gasteiger partial charge >= 0.3 is 5.82 Å². The minimum Gasteiger partial charge on any atom is -0.472 e. The number of hydrogen-bond acceptors (Lipinski definition) is 7. The third kappa shape index (κ3) is 3.15. The van der Waals surface area contributed by atoms with Gasteiger partial charge < -0.3 is 25.3 Å². The zero-order chi connectivity index (χ0) is 16.3. The molecule has 22 heavy (non-hydrogen) atoms. The molecule has 0 aliphatic carbocycles. The van der Waals surface area contributed by atoms with Crippen molar-refractivity contribution in [2.45, 2.75) is 19.4 Å². The molecule has 0 bridgehead atoms. The van der Waals surface area contributed by atoms with Gasteiger partial charge in [0.2, 0.25) is 0 Å². The van der Waals surface area contributed by atoms with Crippen LogP contribution in [0.3, 0.4) is 0 Å². The molecular weight excluding hydrogens is 292 g/mol. The lowest BCUT2D eigenvalue weighted by atomic mass is 10.1. The van der Waals surface area contributed by atoms with Crippen molar-refractivity contribution in [2.24, 2.45) is 5.73 Å². The minimum absolute atomic E-state index is 0.134.